The first-order valence-corrected chi connectivity index (χ1v) is 10.4. The van der Waals surface area contributed by atoms with Crippen molar-refractivity contribution in [2.45, 2.75) is 19.9 Å². The number of carbonyl (C=O) groups excluding carboxylic acids is 2. The number of ketones is 1. The van der Waals surface area contributed by atoms with E-state index in [2.05, 4.69) is 0 Å². The highest BCUT2D eigenvalue weighted by atomic mass is 19.1. The molecule has 5 nitrogen and oxygen atoms in total. The number of benzene rings is 3. The third-order valence-electron chi connectivity index (χ3n) is 5.29. The van der Waals surface area contributed by atoms with E-state index in [4.69, 9.17) is 5.73 Å². The van der Waals surface area contributed by atoms with Crippen molar-refractivity contribution in [3.05, 3.63) is 77.6 Å². The highest BCUT2D eigenvalue weighted by Crippen LogP contribution is 2.23. The van der Waals surface area contributed by atoms with Gasteiger partial charge < -0.3 is 15.5 Å². The summed E-state index contributed by atoms with van der Waals surface area (Å²) >= 11 is 0. The molecule has 1 amide bonds. The summed E-state index contributed by atoms with van der Waals surface area (Å²) in [4.78, 5) is 28.2. The largest absolute Gasteiger partial charge is 0.365 e. The van der Waals surface area contributed by atoms with E-state index in [1.165, 1.54) is 12.1 Å². The lowest BCUT2D eigenvalue weighted by Crippen LogP contribution is -2.39. The molecule has 2 N–H and O–H groups in total. The van der Waals surface area contributed by atoms with Crippen molar-refractivity contribution in [3.63, 3.8) is 0 Å². The molecule has 0 aliphatic heterocycles. The summed E-state index contributed by atoms with van der Waals surface area (Å²) in [6.45, 7) is 3.09. The minimum absolute atomic E-state index is 0.0320. The minimum Gasteiger partial charge on any atom is -0.365 e. The van der Waals surface area contributed by atoms with Crippen LogP contribution >= 0.6 is 0 Å². The fourth-order valence-corrected chi connectivity index (χ4v) is 3.51. The predicted molar refractivity (Wildman–Crippen MR) is 123 cm³/mol. The van der Waals surface area contributed by atoms with Crippen LogP contribution in [0.15, 0.2) is 60.7 Å². The van der Waals surface area contributed by atoms with Crippen molar-refractivity contribution < 1.29 is 14.0 Å². The van der Waals surface area contributed by atoms with Crippen molar-refractivity contribution in [2.24, 2.45) is 5.73 Å². The molecule has 3 aromatic rings. The number of halogens is 1. The molecule has 31 heavy (non-hydrogen) atoms. The van der Waals surface area contributed by atoms with E-state index in [-0.39, 0.29) is 24.1 Å². The number of rotatable bonds is 9. The lowest BCUT2D eigenvalue weighted by atomic mass is 10.0. The summed E-state index contributed by atoms with van der Waals surface area (Å²) in [7, 11) is 1.87. The van der Waals surface area contributed by atoms with Crippen LogP contribution in [0.2, 0.25) is 0 Å². The normalized spacial score (nSPS) is 10.8. The van der Waals surface area contributed by atoms with Crippen LogP contribution in [0.1, 0.15) is 29.3 Å². The number of nitrogens with zero attached hydrogens (tertiary/aromatic N) is 2. The van der Waals surface area contributed by atoms with Gasteiger partial charge in [-0.15, -0.1) is 0 Å². The first-order valence-electron chi connectivity index (χ1n) is 10.4. The van der Waals surface area contributed by atoms with Gasteiger partial charge in [-0.05, 0) is 66.6 Å². The Kier molecular flexibility index (Phi) is 7.36. The standard InChI is InChI=1S/C25H28FN3O2/c1-18(30)20-7-8-22-15-24(10-9-21(22)14-20)28(2)17-25(31)29(12-4-11-27)16-19-5-3-6-23(26)13-19/h3,5-10,13-15H,4,11-12,16-17,27H2,1-2H3. The van der Waals surface area contributed by atoms with Gasteiger partial charge in [-0.1, -0.05) is 30.3 Å². The van der Waals surface area contributed by atoms with Crippen LogP contribution in [-0.4, -0.2) is 43.3 Å². The first kappa shape index (κ1) is 22.4. The number of likely N-dealkylation sites (N-methyl/N-ethyl adjacent to an activating group) is 1. The molecule has 0 aromatic heterocycles. The van der Waals surface area contributed by atoms with Crippen LogP contribution in [0.25, 0.3) is 10.8 Å². The summed E-state index contributed by atoms with van der Waals surface area (Å²) in [5.41, 5.74) is 7.97. The van der Waals surface area contributed by atoms with Crippen LogP contribution in [-0.2, 0) is 11.3 Å². The minimum atomic E-state index is -0.315. The lowest BCUT2D eigenvalue weighted by molar-refractivity contribution is -0.130. The molecule has 0 saturated heterocycles. The monoisotopic (exact) mass is 421 g/mol. The van der Waals surface area contributed by atoms with E-state index in [0.29, 0.717) is 31.6 Å². The third kappa shape index (κ3) is 5.89. The molecular formula is C25H28FN3O2. The molecule has 0 radical (unpaired) electrons. The molecule has 0 fully saturated rings. The highest BCUT2D eigenvalue weighted by Gasteiger charge is 2.17. The Morgan fingerprint density at radius 3 is 2.45 bits per heavy atom. The average molecular weight is 422 g/mol. The zero-order valence-corrected chi connectivity index (χ0v) is 18.0. The molecule has 0 aliphatic carbocycles. The second-order valence-electron chi connectivity index (χ2n) is 7.75. The van der Waals surface area contributed by atoms with Crippen LogP contribution in [0.4, 0.5) is 10.1 Å². The summed E-state index contributed by atoms with van der Waals surface area (Å²) in [5.74, 6) is -0.332. The van der Waals surface area contributed by atoms with E-state index >= 15 is 0 Å². The number of hydrogen-bond donors (Lipinski definition) is 1. The van der Waals surface area contributed by atoms with Crippen molar-refractivity contribution in [3.8, 4) is 0 Å². The molecule has 0 spiro atoms. The van der Waals surface area contributed by atoms with Crippen molar-refractivity contribution in [2.75, 3.05) is 31.6 Å². The van der Waals surface area contributed by atoms with Gasteiger partial charge in [0.15, 0.2) is 5.78 Å². The number of hydrogen-bond acceptors (Lipinski definition) is 4. The van der Waals surface area contributed by atoms with Gasteiger partial charge in [-0.3, -0.25) is 9.59 Å². The molecular weight excluding hydrogens is 393 g/mol. The summed E-state index contributed by atoms with van der Waals surface area (Å²) in [5, 5.41) is 1.98. The Morgan fingerprint density at radius 1 is 1.00 bits per heavy atom. The van der Waals surface area contributed by atoms with Gasteiger partial charge in [-0.25, -0.2) is 4.39 Å². The fraction of sp³-hybridized carbons (Fsp3) is 0.280. The first-order chi connectivity index (χ1) is 14.9. The Hall–Kier alpha value is -3.25. The van der Waals surface area contributed by atoms with E-state index < -0.39 is 0 Å². The predicted octanol–water partition coefficient (Wildman–Crippen LogP) is 4.00. The molecule has 0 unspecified atom stereocenters. The Morgan fingerprint density at radius 2 is 1.74 bits per heavy atom. The average Bonchev–Trinajstić information content (AvgIpc) is 2.75. The van der Waals surface area contributed by atoms with E-state index in [1.807, 2.05) is 54.4 Å². The molecule has 0 saturated carbocycles. The zero-order valence-electron chi connectivity index (χ0n) is 18.0. The van der Waals surface area contributed by atoms with Gasteiger partial charge in [0.25, 0.3) is 0 Å². The maximum Gasteiger partial charge on any atom is 0.242 e. The van der Waals surface area contributed by atoms with Crippen LogP contribution in [0.3, 0.4) is 0 Å². The van der Waals surface area contributed by atoms with Gasteiger partial charge in [0, 0.05) is 31.4 Å². The van der Waals surface area contributed by atoms with Crippen molar-refractivity contribution in [1.29, 1.82) is 0 Å². The van der Waals surface area contributed by atoms with Crippen molar-refractivity contribution in [1.82, 2.24) is 4.90 Å². The second kappa shape index (κ2) is 10.2. The van der Waals surface area contributed by atoms with E-state index in [1.54, 1.807) is 17.9 Å². The number of amides is 1. The summed E-state index contributed by atoms with van der Waals surface area (Å²) < 4.78 is 13.5. The van der Waals surface area contributed by atoms with Crippen LogP contribution < -0.4 is 10.6 Å². The smallest absolute Gasteiger partial charge is 0.242 e. The molecule has 0 aliphatic rings. The maximum absolute atomic E-state index is 13.5. The summed E-state index contributed by atoms with van der Waals surface area (Å²) in [6.07, 6.45) is 0.680. The third-order valence-corrected chi connectivity index (χ3v) is 5.29. The molecule has 3 aromatic carbocycles. The quantitative estimate of drug-likeness (QED) is 0.531. The lowest BCUT2D eigenvalue weighted by Gasteiger charge is -2.27. The second-order valence-corrected chi connectivity index (χ2v) is 7.75. The van der Waals surface area contributed by atoms with Crippen LogP contribution in [0, 0.1) is 5.82 Å². The Bertz CT molecular complexity index is 1080. The van der Waals surface area contributed by atoms with E-state index in [9.17, 15) is 14.0 Å². The van der Waals surface area contributed by atoms with Crippen molar-refractivity contribution >= 4 is 28.2 Å². The molecule has 0 atom stereocenters. The number of nitrogens with two attached hydrogens (primary N) is 1. The molecule has 162 valence electrons. The van der Waals surface area contributed by atoms with Gasteiger partial charge in [0.05, 0.1) is 6.54 Å². The molecule has 0 bridgehead atoms. The topological polar surface area (TPSA) is 66.6 Å². The molecule has 3 rings (SSSR count). The Labute approximate surface area is 182 Å². The number of Topliss-reactive ketones (excluding diaryl/α,β-unsaturated/α-hetero) is 1. The molecule has 0 heterocycles. The van der Waals surface area contributed by atoms with Crippen LogP contribution in [0.5, 0.6) is 0 Å². The van der Waals surface area contributed by atoms with E-state index in [0.717, 1.165) is 22.0 Å². The SMILES string of the molecule is CC(=O)c1ccc2cc(N(C)CC(=O)N(CCCN)Cc3cccc(F)c3)ccc2c1. The summed E-state index contributed by atoms with van der Waals surface area (Å²) in [6, 6.07) is 17.8. The number of fused-ring (bicyclic) bond motifs is 1. The Balaban J connectivity index is 1.74. The fourth-order valence-electron chi connectivity index (χ4n) is 3.51. The van der Waals surface area contributed by atoms with Gasteiger partial charge in [-0.2, -0.15) is 0 Å². The van der Waals surface area contributed by atoms with Gasteiger partial charge in [0.2, 0.25) is 5.91 Å². The maximum atomic E-state index is 13.5. The number of anilines is 1. The van der Waals surface area contributed by atoms with Gasteiger partial charge in [0.1, 0.15) is 5.82 Å². The highest BCUT2D eigenvalue weighted by molar-refractivity contribution is 5.99. The number of carbonyl (C=O) groups is 2. The zero-order chi connectivity index (χ0) is 22.4. The van der Waals surface area contributed by atoms with Gasteiger partial charge >= 0.3 is 0 Å². The molecule has 6 heteroatoms.